The van der Waals surface area contributed by atoms with Crippen LogP contribution in [-0.2, 0) is 9.98 Å². The van der Waals surface area contributed by atoms with Gasteiger partial charge in [-0.05, 0) is 0 Å². The van der Waals surface area contributed by atoms with Gasteiger partial charge in [-0.3, -0.25) is 0 Å². The van der Waals surface area contributed by atoms with Gasteiger partial charge in [-0.25, -0.2) is 0 Å². The fourth-order valence-corrected chi connectivity index (χ4v) is 0.0298. The molecule has 0 atom stereocenters. The third kappa shape index (κ3) is 2030. The van der Waals surface area contributed by atoms with E-state index in [1.807, 2.05) is 21.1 Å². The number of nitroso groups, excluding NO2 is 1. The van der Waals surface area contributed by atoms with E-state index in [1.54, 1.807) is 0 Å². The lowest BCUT2D eigenvalue weighted by molar-refractivity contribution is -0.299. The van der Waals surface area contributed by atoms with Crippen molar-refractivity contribution in [2.45, 2.75) is 0 Å². The molecule has 0 aromatic rings. The first-order valence-corrected chi connectivity index (χ1v) is 2.67. The highest BCUT2D eigenvalue weighted by Gasteiger charge is 1.61. The molecule has 0 heterocycles. The smallest absolute Gasteiger partial charge is 0.104 e. The average Bonchev–Trinajstić information content (AvgIpc) is 2.58. The van der Waals surface area contributed by atoms with Crippen molar-refractivity contribution >= 4 is 0 Å². The van der Waals surface area contributed by atoms with Gasteiger partial charge in [0.25, 0.3) is 0 Å². The molecule has 0 aromatic carbocycles. The Hall–Kier alpha value is -3.72. The summed E-state index contributed by atoms with van der Waals surface area (Å²) in [6.07, 6.45) is 0. The lowest BCUT2D eigenvalue weighted by atomic mass is 12.9. The Labute approximate surface area is 110 Å². The van der Waals surface area contributed by atoms with Gasteiger partial charge in [-0.15, -0.1) is 0 Å². The van der Waals surface area contributed by atoms with Crippen molar-refractivity contribution in [3.05, 3.63) is 24.8 Å². The standard InChI is InChI=1S/H2N2O4.2H2N2O2.HNO.2O2.H2O/c3-5-1-2-6-4;2*3-1-2-4;3*1-2;/h3-4H;2*(H,1,4)(H,2,3);1H;;;1H2/b2-1+;;;;;;. The summed E-state index contributed by atoms with van der Waals surface area (Å²) in [5.74, 6) is 0. The maximum Gasteiger partial charge on any atom is 0.104 e. The molecule has 0 spiro atoms. The molecule has 0 saturated heterocycles. The molecule has 128 valence electrons. The molecule has 0 aromatic heterocycles. The Morgan fingerprint density at radius 2 is 0.762 bits per heavy atom. The highest BCUT2D eigenvalue weighted by atomic mass is 17.2. The lowest BCUT2D eigenvalue weighted by Crippen LogP contribution is -1.67. The molecular formula is H9N7O14. The Kier molecular flexibility index (Phi) is 428. The summed E-state index contributed by atoms with van der Waals surface area (Å²) < 4.78 is 0. The van der Waals surface area contributed by atoms with E-state index in [2.05, 4.69) is 26.1 Å². The topological polar surface area (TPSA) is 355 Å². The molecular weight excluding hydrogens is 322 g/mol. The van der Waals surface area contributed by atoms with Crippen LogP contribution in [0.4, 0.5) is 0 Å². The molecule has 0 aliphatic heterocycles. The summed E-state index contributed by atoms with van der Waals surface area (Å²) in [6.45, 7) is 0. The summed E-state index contributed by atoms with van der Waals surface area (Å²) in [7, 11) is 0. The molecule has 0 fully saturated rings. The van der Waals surface area contributed by atoms with Crippen LogP contribution in [0.3, 0.4) is 0 Å². The second-order valence-corrected chi connectivity index (χ2v) is 0.684. The van der Waals surface area contributed by atoms with Gasteiger partial charge in [-0.2, -0.15) is 25.4 Å². The summed E-state index contributed by atoms with van der Waals surface area (Å²) >= 11 is 0. The van der Waals surface area contributed by atoms with Gasteiger partial charge in [0.05, 0.1) is 21.1 Å². The van der Waals surface area contributed by atoms with Gasteiger partial charge < -0.3 is 26.3 Å². The van der Waals surface area contributed by atoms with E-state index < -0.39 is 0 Å². The summed E-state index contributed by atoms with van der Waals surface area (Å²) in [5, 5.41) is 55.1. The average molecular weight is 331 g/mol. The minimum Gasteiger partial charge on any atom is -0.412 e. The number of hydrogen-bond acceptors (Lipinski definition) is 16. The predicted molar refractivity (Wildman–Crippen MR) is 52.3 cm³/mol. The quantitative estimate of drug-likeness (QED) is 0.155. The molecule has 0 aliphatic rings. The minimum absolute atomic E-state index is 0. The van der Waals surface area contributed by atoms with Crippen LogP contribution in [0.25, 0.3) is 0 Å². The Bertz CT molecular complexity index is 151. The molecule has 0 aliphatic carbocycles. The number of nitrogens with one attached hydrogen (secondary N) is 1. The van der Waals surface area contributed by atoms with Crippen LogP contribution in [0, 0.1) is 30.4 Å². The zero-order valence-corrected chi connectivity index (χ0v) is 9.22. The molecule has 0 radical (unpaired) electrons. The second kappa shape index (κ2) is 207. The van der Waals surface area contributed by atoms with Crippen molar-refractivity contribution in [2.24, 2.45) is 31.7 Å². The van der Waals surface area contributed by atoms with E-state index in [0.717, 1.165) is 0 Å². The zero-order valence-electron chi connectivity index (χ0n) is 9.22. The second-order valence-electron chi connectivity index (χ2n) is 0.684. The molecule has 21 heavy (non-hydrogen) atoms. The van der Waals surface area contributed by atoms with Crippen molar-refractivity contribution < 1.29 is 46.8 Å². The summed E-state index contributed by atoms with van der Waals surface area (Å²) in [4.78, 5) is 41.4. The van der Waals surface area contributed by atoms with E-state index in [0.29, 0.717) is 0 Å². The van der Waals surface area contributed by atoms with Gasteiger partial charge in [0.2, 0.25) is 0 Å². The molecule has 9 N–H and O–H groups in total. The third-order valence-electron chi connectivity index (χ3n) is 0.186. The molecule has 21 nitrogen and oxygen atoms in total. The third-order valence-corrected chi connectivity index (χ3v) is 0.186. The van der Waals surface area contributed by atoms with Crippen molar-refractivity contribution in [3.8, 4) is 0 Å². The van der Waals surface area contributed by atoms with Crippen LogP contribution in [0.15, 0.2) is 31.7 Å². The zero-order chi connectivity index (χ0) is 17.7. The number of nitrogens with zero attached hydrogens (tertiary/aromatic N) is 6. The van der Waals surface area contributed by atoms with E-state index in [9.17, 15) is 0 Å². The molecule has 0 saturated carbocycles. The first kappa shape index (κ1) is 43.3. The number of hydrogen-bond donors (Lipinski definition) is 7. The first-order valence-electron chi connectivity index (χ1n) is 2.67. The summed E-state index contributed by atoms with van der Waals surface area (Å²) in [5.41, 5.74) is 4.50. The maximum absolute atomic E-state index is 7.50. The molecule has 0 amide bonds. The fourth-order valence-electron chi connectivity index (χ4n) is 0.0298. The van der Waals surface area contributed by atoms with Crippen molar-refractivity contribution in [3.63, 3.8) is 0 Å². The van der Waals surface area contributed by atoms with Crippen LogP contribution < -0.4 is 0 Å². The van der Waals surface area contributed by atoms with E-state index in [4.69, 9.17) is 56.1 Å². The Morgan fingerprint density at radius 1 is 0.619 bits per heavy atom. The van der Waals surface area contributed by atoms with E-state index >= 15 is 0 Å². The Balaban J connectivity index is -0.0000000236. The Morgan fingerprint density at radius 3 is 0.810 bits per heavy atom. The monoisotopic (exact) mass is 331 g/mol. The maximum atomic E-state index is 7.50. The van der Waals surface area contributed by atoms with Crippen LogP contribution in [0.2, 0.25) is 0 Å². The van der Waals surface area contributed by atoms with Crippen LogP contribution in [0.5, 0.6) is 0 Å². The minimum atomic E-state index is 0. The molecule has 0 bridgehead atoms. The van der Waals surface area contributed by atoms with Crippen LogP contribution in [0.1, 0.15) is 0 Å². The van der Waals surface area contributed by atoms with Gasteiger partial charge >= 0.3 is 0 Å². The van der Waals surface area contributed by atoms with Crippen LogP contribution >= 0.6 is 0 Å². The largest absolute Gasteiger partial charge is 0.412 e. The van der Waals surface area contributed by atoms with Crippen LogP contribution in [-0.4, -0.2) is 36.8 Å². The van der Waals surface area contributed by atoms with Crippen molar-refractivity contribution in [1.82, 2.24) is 0 Å². The van der Waals surface area contributed by atoms with Gasteiger partial charge in [0.1, 0.15) is 10.6 Å². The van der Waals surface area contributed by atoms with Crippen molar-refractivity contribution in [2.75, 3.05) is 0 Å². The SMILES string of the molecule is N=O.O.O/N=N/O.O/N=N/O.O=O.O=O.OO/N=N/OO. The van der Waals surface area contributed by atoms with E-state index in [-0.39, 0.29) is 5.48 Å². The van der Waals surface area contributed by atoms with E-state index in [1.165, 1.54) is 0 Å². The lowest BCUT2D eigenvalue weighted by Gasteiger charge is -1.73. The molecule has 0 rings (SSSR count). The molecule has 21 heteroatoms. The normalized spacial score (nSPS) is 6.57. The van der Waals surface area contributed by atoms with Gasteiger partial charge in [0.15, 0.2) is 0 Å². The highest BCUT2D eigenvalue weighted by molar-refractivity contribution is 4.08. The number of rotatable bonds is 2. The van der Waals surface area contributed by atoms with Crippen molar-refractivity contribution in [1.29, 1.82) is 5.59 Å². The highest BCUT2D eigenvalue weighted by Crippen LogP contribution is 1.69. The van der Waals surface area contributed by atoms with Gasteiger partial charge in [0, 0.05) is 19.9 Å². The van der Waals surface area contributed by atoms with Gasteiger partial charge in [-0.1, -0.05) is 5.59 Å². The summed E-state index contributed by atoms with van der Waals surface area (Å²) in [6, 6.07) is 0. The fraction of sp³-hybridized carbons (Fsp3) is 0. The molecule has 0 unspecified atom stereocenters. The predicted octanol–water partition coefficient (Wildman–Crippen LogP) is 0.323. The first-order chi connectivity index (χ1) is 9.74.